The Hall–Kier alpha value is -2.38. The summed E-state index contributed by atoms with van der Waals surface area (Å²) < 4.78 is 9.56. The second-order valence-electron chi connectivity index (χ2n) is 8.38. The highest BCUT2D eigenvalue weighted by Gasteiger charge is 2.65. The number of hydrogen-bond acceptors (Lipinski definition) is 6. The zero-order chi connectivity index (χ0) is 22.4. The zero-order valence-corrected chi connectivity index (χ0v) is 18.2. The highest BCUT2D eigenvalue weighted by Crippen LogP contribution is 2.54. The van der Waals surface area contributed by atoms with Gasteiger partial charge in [-0.15, -0.1) is 6.58 Å². The molecule has 0 heterocycles. The molecule has 1 aliphatic carbocycles. The summed E-state index contributed by atoms with van der Waals surface area (Å²) in [5, 5.41) is 5.33. The Morgan fingerprint density at radius 1 is 0.931 bits per heavy atom. The first-order valence-electron chi connectivity index (χ1n) is 9.93. The van der Waals surface area contributed by atoms with E-state index < -0.39 is 41.3 Å². The lowest BCUT2D eigenvalue weighted by Crippen LogP contribution is -2.53. The standard InChI is InChI=1S/C21H34N2O6/c1-8-14-11-21(14,19(26)22-15(9-12(2)3)17(24)28-6)20(27)23-16(10-13(4)5)18(25)29-7/h8,12-16H,1,9-11H2,2-7H3,(H,22,26)(H,23,27)/t14?,15-,16-/m0/s1. The molecule has 29 heavy (non-hydrogen) atoms. The Bertz CT molecular complexity index is 599. The number of nitrogens with one attached hydrogen (secondary N) is 2. The van der Waals surface area contributed by atoms with Crippen molar-refractivity contribution in [2.45, 2.75) is 59.0 Å². The summed E-state index contributed by atoms with van der Waals surface area (Å²) in [6.07, 6.45) is 2.57. The lowest BCUT2D eigenvalue weighted by atomic mass is 9.96. The molecule has 0 saturated heterocycles. The summed E-state index contributed by atoms with van der Waals surface area (Å²) in [6.45, 7) is 11.4. The lowest BCUT2D eigenvalue weighted by molar-refractivity contribution is -0.149. The molecular formula is C21H34N2O6. The molecule has 2 N–H and O–H groups in total. The third-order valence-corrected chi connectivity index (χ3v) is 5.11. The van der Waals surface area contributed by atoms with Crippen LogP contribution >= 0.6 is 0 Å². The van der Waals surface area contributed by atoms with E-state index in [-0.39, 0.29) is 24.2 Å². The van der Waals surface area contributed by atoms with Gasteiger partial charge in [0.1, 0.15) is 17.5 Å². The van der Waals surface area contributed by atoms with Crippen LogP contribution in [-0.4, -0.2) is 50.1 Å². The molecule has 0 bridgehead atoms. The summed E-state index contributed by atoms with van der Waals surface area (Å²) in [5.41, 5.74) is -1.39. The number of esters is 2. The molecule has 0 aromatic heterocycles. The maximum atomic E-state index is 13.0. The fraction of sp³-hybridized carbons (Fsp3) is 0.714. The molecule has 1 unspecified atom stereocenters. The topological polar surface area (TPSA) is 111 Å². The largest absolute Gasteiger partial charge is 0.467 e. The predicted molar refractivity (Wildman–Crippen MR) is 108 cm³/mol. The van der Waals surface area contributed by atoms with Crippen molar-refractivity contribution >= 4 is 23.8 Å². The number of amides is 2. The van der Waals surface area contributed by atoms with E-state index >= 15 is 0 Å². The van der Waals surface area contributed by atoms with Gasteiger partial charge >= 0.3 is 11.9 Å². The smallest absolute Gasteiger partial charge is 0.328 e. The van der Waals surface area contributed by atoms with Gasteiger partial charge in [0.15, 0.2) is 0 Å². The normalized spacial score (nSPS) is 19.1. The molecule has 0 radical (unpaired) electrons. The van der Waals surface area contributed by atoms with E-state index in [9.17, 15) is 19.2 Å². The first-order chi connectivity index (χ1) is 13.5. The molecule has 1 rings (SSSR count). The fourth-order valence-electron chi connectivity index (χ4n) is 3.43. The van der Waals surface area contributed by atoms with Gasteiger partial charge in [0.25, 0.3) is 0 Å². The average Bonchev–Trinajstić information content (AvgIpc) is 3.40. The van der Waals surface area contributed by atoms with Gasteiger partial charge in [-0.05, 0) is 31.1 Å². The van der Waals surface area contributed by atoms with Crippen molar-refractivity contribution in [2.75, 3.05) is 14.2 Å². The molecule has 0 spiro atoms. The Balaban J connectivity index is 3.04. The number of carbonyl (C=O) groups excluding carboxylic acids is 4. The van der Waals surface area contributed by atoms with Gasteiger partial charge in [-0.2, -0.15) is 0 Å². The highest BCUT2D eigenvalue weighted by molar-refractivity contribution is 6.10. The average molecular weight is 411 g/mol. The summed E-state index contributed by atoms with van der Waals surface area (Å²) in [7, 11) is 2.50. The van der Waals surface area contributed by atoms with Crippen LogP contribution in [0.25, 0.3) is 0 Å². The molecule has 0 aliphatic heterocycles. The highest BCUT2D eigenvalue weighted by atomic mass is 16.5. The number of allylic oxidation sites excluding steroid dienone is 1. The Kier molecular flexibility index (Phi) is 8.85. The summed E-state index contributed by atoms with van der Waals surface area (Å²) in [6, 6.07) is -1.70. The van der Waals surface area contributed by atoms with Crippen LogP contribution in [0.1, 0.15) is 47.0 Å². The van der Waals surface area contributed by atoms with E-state index in [0.29, 0.717) is 12.8 Å². The van der Waals surface area contributed by atoms with E-state index in [2.05, 4.69) is 17.2 Å². The van der Waals surface area contributed by atoms with Gasteiger partial charge in [-0.25, -0.2) is 9.59 Å². The minimum absolute atomic E-state index is 0.133. The molecule has 8 nitrogen and oxygen atoms in total. The Morgan fingerprint density at radius 2 is 1.31 bits per heavy atom. The molecule has 1 fully saturated rings. The van der Waals surface area contributed by atoms with Crippen molar-refractivity contribution in [3.8, 4) is 0 Å². The maximum absolute atomic E-state index is 13.0. The van der Waals surface area contributed by atoms with Crippen molar-refractivity contribution in [1.29, 1.82) is 0 Å². The van der Waals surface area contributed by atoms with Gasteiger partial charge in [0, 0.05) is 5.92 Å². The molecule has 3 atom stereocenters. The molecule has 8 heteroatoms. The maximum Gasteiger partial charge on any atom is 0.328 e. The summed E-state index contributed by atoms with van der Waals surface area (Å²) in [5.74, 6) is -2.37. The van der Waals surface area contributed by atoms with Crippen LogP contribution in [0.4, 0.5) is 0 Å². The van der Waals surface area contributed by atoms with Crippen molar-refractivity contribution in [3.05, 3.63) is 12.7 Å². The van der Waals surface area contributed by atoms with Crippen LogP contribution in [0, 0.1) is 23.2 Å². The SMILES string of the molecule is C=CC1CC1(C(=O)N[C@@H](CC(C)C)C(=O)OC)C(=O)N[C@@H](CC(C)C)C(=O)OC. The second kappa shape index (κ2) is 10.4. The number of methoxy groups -OCH3 is 2. The van der Waals surface area contributed by atoms with E-state index in [1.54, 1.807) is 6.08 Å². The van der Waals surface area contributed by atoms with Gasteiger partial charge in [-0.3, -0.25) is 9.59 Å². The van der Waals surface area contributed by atoms with Crippen molar-refractivity contribution in [2.24, 2.45) is 23.2 Å². The van der Waals surface area contributed by atoms with Gasteiger partial charge in [0.2, 0.25) is 11.8 Å². The minimum atomic E-state index is -1.39. The predicted octanol–water partition coefficient (Wildman–Crippen LogP) is 1.59. The Labute approximate surface area is 172 Å². The monoisotopic (exact) mass is 410 g/mol. The van der Waals surface area contributed by atoms with Crippen LogP contribution < -0.4 is 10.6 Å². The Morgan fingerprint density at radius 3 is 1.55 bits per heavy atom. The van der Waals surface area contributed by atoms with E-state index in [0.717, 1.165) is 0 Å². The number of rotatable bonds is 11. The first kappa shape index (κ1) is 24.7. The molecule has 164 valence electrons. The molecule has 0 aromatic rings. The number of carbonyl (C=O) groups is 4. The van der Waals surface area contributed by atoms with E-state index in [1.165, 1.54) is 14.2 Å². The van der Waals surface area contributed by atoms with Gasteiger partial charge in [0.05, 0.1) is 14.2 Å². The third-order valence-electron chi connectivity index (χ3n) is 5.11. The zero-order valence-electron chi connectivity index (χ0n) is 18.2. The number of hydrogen-bond donors (Lipinski definition) is 2. The molecule has 1 saturated carbocycles. The summed E-state index contributed by atoms with van der Waals surface area (Å²) >= 11 is 0. The van der Waals surface area contributed by atoms with Crippen molar-refractivity contribution in [3.63, 3.8) is 0 Å². The van der Waals surface area contributed by atoms with Gasteiger partial charge in [-0.1, -0.05) is 33.8 Å². The first-order valence-corrected chi connectivity index (χ1v) is 9.93. The van der Waals surface area contributed by atoms with Crippen LogP contribution in [-0.2, 0) is 28.7 Å². The molecular weight excluding hydrogens is 376 g/mol. The second-order valence-corrected chi connectivity index (χ2v) is 8.38. The number of ether oxygens (including phenoxy) is 2. The fourth-order valence-corrected chi connectivity index (χ4v) is 3.43. The minimum Gasteiger partial charge on any atom is -0.467 e. The lowest BCUT2D eigenvalue weighted by Gasteiger charge is -2.24. The van der Waals surface area contributed by atoms with Crippen LogP contribution in [0.5, 0.6) is 0 Å². The third kappa shape index (κ3) is 6.05. The van der Waals surface area contributed by atoms with E-state index in [4.69, 9.17) is 9.47 Å². The van der Waals surface area contributed by atoms with Crippen molar-refractivity contribution in [1.82, 2.24) is 10.6 Å². The van der Waals surface area contributed by atoms with Crippen LogP contribution in [0.15, 0.2) is 12.7 Å². The van der Waals surface area contributed by atoms with Crippen LogP contribution in [0.3, 0.4) is 0 Å². The quantitative estimate of drug-likeness (QED) is 0.304. The van der Waals surface area contributed by atoms with Crippen molar-refractivity contribution < 1.29 is 28.7 Å². The molecule has 1 aliphatic rings. The molecule has 2 amide bonds. The van der Waals surface area contributed by atoms with E-state index in [1.807, 2.05) is 27.7 Å². The van der Waals surface area contributed by atoms with Gasteiger partial charge < -0.3 is 20.1 Å². The summed E-state index contributed by atoms with van der Waals surface area (Å²) in [4.78, 5) is 50.2. The molecule has 0 aromatic carbocycles. The van der Waals surface area contributed by atoms with Crippen LogP contribution in [0.2, 0.25) is 0 Å².